The molecule has 2 heterocycles. The first-order valence-electron chi connectivity index (χ1n) is 5.44. The van der Waals surface area contributed by atoms with Gasteiger partial charge < -0.3 is 5.11 Å². The molecule has 0 aliphatic carbocycles. The van der Waals surface area contributed by atoms with Crippen molar-refractivity contribution in [3.05, 3.63) is 0 Å². The molecule has 0 radical (unpaired) electrons. The number of hydrogen-bond acceptors (Lipinski definition) is 2. The third kappa shape index (κ3) is 2.16. The summed E-state index contributed by atoms with van der Waals surface area (Å²) >= 11 is 0. The second kappa shape index (κ2) is 3.91. The number of hydrogen-bond donors (Lipinski definition) is 1. The van der Waals surface area contributed by atoms with E-state index in [4.69, 9.17) is 5.11 Å². The Morgan fingerprint density at radius 3 is 2.56 bits per heavy atom. The maximum atomic E-state index is 12.1. The summed E-state index contributed by atoms with van der Waals surface area (Å²) < 4.78 is 36.3. The van der Waals surface area contributed by atoms with Gasteiger partial charge in [0.1, 0.15) is 0 Å². The molecule has 3 atom stereocenters. The number of halogens is 3. The SMILES string of the molecule is O=C(O)C1CC2CCC1N2CCC(F)(F)F. The number of alkyl halides is 3. The van der Waals surface area contributed by atoms with E-state index in [1.807, 2.05) is 0 Å². The van der Waals surface area contributed by atoms with Crippen molar-refractivity contribution in [3.63, 3.8) is 0 Å². The molecule has 0 aromatic heterocycles. The summed E-state index contributed by atoms with van der Waals surface area (Å²) in [6, 6.07) is -0.127. The molecule has 1 N–H and O–H groups in total. The molecule has 16 heavy (non-hydrogen) atoms. The Balaban J connectivity index is 1.95. The van der Waals surface area contributed by atoms with E-state index in [2.05, 4.69) is 0 Å². The van der Waals surface area contributed by atoms with Gasteiger partial charge in [-0.25, -0.2) is 0 Å². The molecule has 3 nitrogen and oxygen atoms in total. The van der Waals surface area contributed by atoms with E-state index in [0.717, 1.165) is 12.8 Å². The number of rotatable bonds is 3. The highest BCUT2D eigenvalue weighted by Gasteiger charge is 2.49. The van der Waals surface area contributed by atoms with E-state index in [1.54, 1.807) is 4.90 Å². The predicted octanol–water partition coefficient (Wildman–Crippen LogP) is 1.88. The minimum atomic E-state index is -4.15. The van der Waals surface area contributed by atoms with Crippen molar-refractivity contribution in [3.8, 4) is 0 Å². The van der Waals surface area contributed by atoms with Crippen LogP contribution in [0.4, 0.5) is 13.2 Å². The van der Waals surface area contributed by atoms with Crippen LogP contribution in [0.2, 0.25) is 0 Å². The number of nitrogens with zero attached hydrogens (tertiary/aromatic N) is 1. The lowest BCUT2D eigenvalue weighted by Gasteiger charge is -2.23. The van der Waals surface area contributed by atoms with Gasteiger partial charge in [0.2, 0.25) is 0 Å². The topological polar surface area (TPSA) is 40.5 Å². The largest absolute Gasteiger partial charge is 0.481 e. The van der Waals surface area contributed by atoms with Crippen molar-refractivity contribution in [1.82, 2.24) is 4.90 Å². The summed E-state index contributed by atoms with van der Waals surface area (Å²) in [7, 11) is 0. The number of carboxylic acid groups (broad SMARTS) is 1. The zero-order chi connectivity index (χ0) is 11.9. The molecule has 3 unspecified atom stereocenters. The van der Waals surface area contributed by atoms with Crippen LogP contribution in [0.1, 0.15) is 25.7 Å². The smallest absolute Gasteiger partial charge is 0.390 e. The van der Waals surface area contributed by atoms with Crippen LogP contribution < -0.4 is 0 Å². The summed E-state index contributed by atoms with van der Waals surface area (Å²) in [5.41, 5.74) is 0. The van der Waals surface area contributed by atoms with E-state index >= 15 is 0 Å². The first-order valence-corrected chi connectivity index (χ1v) is 5.44. The fraction of sp³-hybridized carbons (Fsp3) is 0.900. The van der Waals surface area contributed by atoms with Crippen LogP contribution in [0.5, 0.6) is 0 Å². The zero-order valence-corrected chi connectivity index (χ0v) is 8.70. The lowest BCUT2D eigenvalue weighted by molar-refractivity contribution is -0.143. The Bertz CT molecular complexity index is 292. The molecule has 2 aliphatic heterocycles. The molecule has 2 rings (SSSR count). The molecule has 0 saturated carbocycles. The van der Waals surface area contributed by atoms with Crippen LogP contribution in [-0.4, -0.2) is 40.8 Å². The van der Waals surface area contributed by atoms with Crippen molar-refractivity contribution in [2.24, 2.45) is 5.92 Å². The van der Waals surface area contributed by atoms with Crippen molar-refractivity contribution in [1.29, 1.82) is 0 Å². The average Bonchev–Trinajstić information content (AvgIpc) is 2.69. The van der Waals surface area contributed by atoms with Gasteiger partial charge in [0.25, 0.3) is 0 Å². The molecule has 92 valence electrons. The molecule has 2 fully saturated rings. The van der Waals surface area contributed by atoms with Crippen molar-refractivity contribution < 1.29 is 23.1 Å². The van der Waals surface area contributed by atoms with Gasteiger partial charge in [-0.2, -0.15) is 13.2 Å². The van der Waals surface area contributed by atoms with Crippen LogP contribution in [-0.2, 0) is 4.79 Å². The number of carboxylic acids is 1. The second-order valence-electron chi connectivity index (χ2n) is 4.58. The van der Waals surface area contributed by atoms with Gasteiger partial charge in [0.15, 0.2) is 0 Å². The first-order chi connectivity index (χ1) is 7.38. The Morgan fingerprint density at radius 1 is 1.38 bits per heavy atom. The predicted molar refractivity (Wildman–Crippen MR) is 49.9 cm³/mol. The quantitative estimate of drug-likeness (QED) is 0.814. The summed E-state index contributed by atoms with van der Waals surface area (Å²) in [6.07, 6.45) is -2.92. The van der Waals surface area contributed by atoms with Crippen LogP contribution in [0, 0.1) is 5.92 Å². The molecule has 0 aromatic carbocycles. The summed E-state index contributed by atoms with van der Waals surface area (Å²) in [5.74, 6) is -1.34. The Kier molecular flexibility index (Phi) is 2.86. The first kappa shape index (κ1) is 11.7. The van der Waals surface area contributed by atoms with Gasteiger partial charge in [0, 0.05) is 18.6 Å². The van der Waals surface area contributed by atoms with E-state index in [1.165, 1.54) is 0 Å². The molecule has 6 heteroatoms. The van der Waals surface area contributed by atoms with Crippen molar-refractivity contribution >= 4 is 5.97 Å². The standard InChI is InChI=1S/C10H14F3NO2/c11-10(12,13)3-4-14-6-1-2-8(14)7(5-6)9(15)16/h6-8H,1-5H2,(H,15,16). The third-order valence-electron chi connectivity index (χ3n) is 3.65. The van der Waals surface area contributed by atoms with Gasteiger partial charge in [-0.15, -0.1) is 0 Å². The van der Waals surface area contributed by atoms with Gasteiger partial charge in [-0.3, -0.25) is 9.69 Å². The third-order valence-corrected chi connectivity index (χ3v) is 3.65. The van der Waals surface area contributed by atoms with Crippen molar-refractivity contribution in [2.75, 3.05) is 6.54 Å². The summed E-state index contributed by atoms with van der Waals surface area (Å²) in [4.78, 5) is 12.6. The van der Waals surface area contributed by atoms with E-state index < -0.39 is 24.5 Å². The van der Waals surface area contributed by atoms with E-state index in [0.29, 0.717) is 6.42 Å². The molecule has 0 amide bonds. The van der Waals surface area contributed by atoms with Crippen molar-refractivity contribution in [2.45, 2.75) is 43.9 Å². The maximum Gasteiger partial charge on any atom is 0.390 e. The van der Waals surface area contributed by atoms with Crippen LogP contribution >= 0.6 is 0 Å². The fourth-order valence-corrected chi connectivity index (χ4v) is 2.97. The number of fused-ring (bicyclic) bond motifs is 2. The highest BCUT2D eigenvalue weighted by atomic mass is 19.4. The normalized spacial score (nSPS) is 34.6. The monoisotopic (exact) mass is 237 g/mol. The van der Waals surface area contributed by atoms with Crippen LogP contribution in [0.15, 0.2) is 0 Å². The van der Waals surface area contributed by atoms with Gasteiger partial charge in [-0.05, 0) is 19.3 Å². The molecular formula is C10H14F3NO2. The lowest BCUT2D eigenvalue weighted by atomic mass is 9.89. The minimum Gasteiger partial charge on any atom is -0.481 e. The minimum absolute atomic E-state index is 0.0495. The zero-order valence-electron chi connectivity index (χ0n) is 8.70. The number of aliphatic carboxylic acids is 1. The van der Waals surface area contributed by atoms with Crippen LogP contribution in [0.3, 0.4) is 0 Å². The second-order valence-corrected chi connectivity index (χ2v) is 4.58. The fourth-order valence-electron chi connectivity index (χ4n) is 2.97. The Labute approximate surface area is 91.2 Å². The highest BCUT2D eigenvalue weighted by Crippen LogP contribution is 2.42. The van der Waals surface area contributed by atoms with E-state index in [-0.39, 0.29) is 18.6 Å². The highest BCUT2D eigenvalue weighted by molar-refractivity contribution is 5.71. The van der Waals surface area contributed by atoms with Gasteiger partial charge in [0.05, 0.1) is 12.3 Å². The maximum absolute atomic E-state index is 12.1. The molecule has 0 spiro atoms. The Morgan fingerprint density at radius 2 is 2.06 bits per heavy atom. The Hall–Kier alpha value is -0.780. The molecule has 2 bridgehead atoms. The van der Waals surface area contributed by atoms with E-state index in [9.17, 15) is 18.0 Å². The molecular weight excluding hydrogens is 223 g/mol. The summed E-state index contributed by atoms with van der Waals surface area (Å²) in [5, 5.41) is 8.93. The lowest BCUT2D eigenvalue weighted by Crippen LogP contribution is -2.35. The summed E-state index contributed by atoms with van der Waals surface area (Å²) in [6.45, 7) is -0.0530. The van der Waals surface area contributed by atoms with Gasteiger partial charge in [-0.1, -0.05) is 0 Å². The molecule has 2 aliphatic rings. The molecule has 2 saturated heterocycles. The molecule has 0 aromatic rings. The van der Waals surface area contributed by atoms with Crippen LogP contribution in [0.25, 0.3) is 0 Å². The average molecular weight is 237 g/mol. The number of carbonyl (C=O) groups is 1. The van der Waals surface area contributed by atoms with Gasteiger partial charge >= 0.3 is 12.1 Å².